The van der Waals surface area contributed by atoms with Gasteiger partial charge in [-0.15, -0.1) is 0 Å². The van der Waals surface area contributed by atoms with Crippen molar-refractivity contribution in [2.75, 3.05) is 19.5 Å². The molecule has 178 valence electrons. The number of anilines is 1. The monoisotopic (exact) mass is 469 g/mol. The second kappa shape index (κ2) is 11.6. The van der Waals surface area contributed by atoms with E-state index in [-0.39, 0.29) is 5.91 Å². The van der Waals surface area contributed by atoms with E-state index in [9.17, 15) is 4.79 Å². The van der Waals surface area contributed by atoms with Crippen LogP contribution in [0.25, 0.3) is 6.08 Å². The molecule has 4 aromatic rings. The molecule has 4 rings (SSSR count). The van der Waals surface area contributed by atoms with Crippen LogP contribution in [0, 0.1) is 0 Å². The van der Waals surface area contributed by atoms with Gasteiger partial charge < -0.3 is 19.5 Å². The van der Waals surface area contributed by atoms with Crippen LogP contribution in [0.2, 0.25) is 0 Å². The molecule has 3 aromatic carbocycles. The molecule has 0 atom stereocenters. The summed E-state index contributed by atoms with van der Waals surface area (Å²) in [4.78, 5) is 12.5. The molecule has 1 aromatic heterocycles. The van der Waals surface area contributed by atoms with E-state index in [4.69, 9.17) is 14.2 Å². The van der Waals surface area contributed by atoms with Gasteiger partial charge in [-0.05, 0) is 53.6 Å². The predicted molar refractivity (Wildman–Crippen MR) is 136 cm³/mol. The number of nitrogens with zero attached hydrogens (tertiary/aromatic N) is 2. The minimum absolute atomic E-state index is 0.246. The molecule has 0 bridgehead atoms. The van der Waals surface area contributed by atoms with Crippen molar-refractivity contribution in [2.24, 2.45) is 0 Å². The number of nitrogens with one attached hydrogen (secondary N) is 1. The summed E-state index contributed by atoms with van der Waals surface area (Å²) in [7, 11) is 3.26. The van der Waals surface area contributed by atoms with Crippen molar-refractivity contribution in [3.8, 4) is 17.2 Å². The molecule has 7 nitrogen and oxygen atoms in total. The minimum atomic E-state index is -0.246. The number of hydrogen-bond donors (Lipinski definition) is 1. The minimum Gasteiger partial charge on any atom is -0.497 e. The topological polar surface area (TPSA) is 74.6 Å². The number of hydrogen-bond acceptors (Lipinski definition) is 5. The van der Waals surface area contributed by atoms with Gasteiger partial charge in [0.05, 0.1) is 32.6 Å². The highest BCUT2D eigenvalue weighted by Gasteiger charge is 2.07. The summed E-state index contributed by atoms with van der Waals surface area (Å²) in [5, 5.41) is 7.17. The summed E-state index contributed by atoms with van der Waals surface area (Å²) >= 11 is 0. The van der Waals surface area contributed by atoms with Crippen molar-refractivity contribution in [3.63, 3.8) is 0 Å². The first-order valence-corrected chi connectivity index (χ1v) is 11.1. The molecule has 35 heavy (non-hydrogen) atoms. The van der Waals surface area contributed by atoms with E-state index in [2.05, 4.69) is 10.4 Å². The molecule has 1 N–H and O–H groups in total. The lowest BCUT2D eigenvalue weighted by atomic mass is 10.1. The zero-order valence-electron chi connectivity index (χ0n) is 19.7. The molecule has 0 radical (unpaired) electrons. The van der Waals surface area contributed by atoms with Crippen LogP contribution in [0.1, 0.15) is 16.7 Å². The maximum Gasteiger partial charge on any atom is 0.248 e. The maximum absolute atomic E-state index is 12.5. The standard InChI is InChI=1S/C28H27N3O4/c1-33-26-10-6-7-22(16-26)18-31-19-24(17-29-31)30-28(32)14-12-21-11-13-27(34-2)23(15-21)20-35-25-8-4-3-5-9-25/h3-17,19H,18,20H2,1-2H3,(H,30,32)/b14-12+. The lowest BCUT2D eigenvalue weighted by Crippen LogP contribution is -2.07. The normalized spacial score (nSPS) is 10.8. The van der Waals surface area contributed by atoms with Crippen molar-refractivity contribution in [1.82, 2.24) is 9.78 Å². The van der Waals surface area contributed by atoms with E-state index in [1.807, 2.05) is 72.8 Å². The van der Waals surface area contributed by atoms with Crippen LogP contribution in [0.3, 0.4) is 0 Å². The van der Waals surface area contributed by atoms with E-state index < -0.39 is 0 Å². The van der Waals surface area contributed by atoms with Crippen LogP contribution in [0.4, 0.5) is 5.69 Å². The van der Waals surface area contributed by atoms with Gasteiger partial charge in [-0.2, -0.15) is 5.10 Å². The Morgan fingerprint density at radius 1 is 0.971 bits per heavy atom. The second-order valence-electron chi connectivity index (χ2n) is 7.77. The van der Waals surface area contributed by atoms with Crippen LogP contribution in [-0.2, 0) is 17.9 Å². The number of carbonyl (C=O) groups is 1. The van der Waals surface area contributed by atoms with Gasteiger partial charge >= 0.3 is 0 Å². The van der Waals surface area contributed by atoms with Crippen LogP contribution in [0.5, 0.6) is 17.2 Å². The third-order valence-corrected chi connectivity index (χ3v) is 5.25. The molecular weight excluding hydrogens is 442 g/mol. The van der Waals surface area contributed by atoms with E-state index >= 15 is 0 Å². The van der Waals surface area contributed by atoms with Gasteiger partial charge in [-0.25, -0.2) is 0 Å². The Morgan fingerprint density at radius 2 is 1.80 bits per heavy atom. The van der Waals surface area contributed by atoms with Gasteiger partial charge in [0.2, 0.25) is 5.91 Å². The number of carbonyl (C=O) groups excluding carboxylic acids is 1. The smallest absolute Gasteiger partial charge is 0.248 e. The molecule has 0 saturated heterocycles. The molecule has 1 heterocycles. The molecule has 0 fully saturated rings. The number of aromatic nitrogens is 2. The van der Waals surface area contributed by atoms with Crippen molar-refractivity contribution in [2.45, 2.75) is 13.2 Å². The van der Waals surface area contributed by atoms with E-state index in [0.29, 0.717) is 18.8 Å². The van der Waals surface area contributed by atoms with Crippen molar-refractivity contribution in [3.05, 3.63) is 108 Å². The molecule has 0 aliphatic carbocycles. The Bertz CT molecular complexity index is 1300. The largest absolute Gasteiger partial charge is 0.497 e. The first-order chi connectivity index (χ1) is 17.1. The number of rotatable bonds is 10. The Labute approximate surface area is 204 Å². The third-order valence-electron chi connectivity index (χ3n) is 5.25. The van der Waals surface area contributed by atoms with Crippen LogP contribution >= 0.6 is 0 Å². The molecule has 0 unspecified atom stereocenters. The van der Waals surface area contributed by atoms with Gasteiger partial charge in [0.15, 0.2) is 0 Å². The van der Waals surface area contributed by atoms with Gasteiger partial charge in [0.1, 0.15) is 23.9 Å². The number of methoxy groups -OCH3 is 2. The zero-order valence-corrected chi connectivity index (χ0v) is 19.7. The Morgan fingerprint density at radius 3 is 2.60 bits per heavy atom. The lowest BCUT2D eigenvalue weighted by molar-refractivity contribution is -0.111. The number of ether oxygens (including phenoxy) is 3. The molecule has 0 saturated carbocycles. The number of benzene rings is 3. The van der Waals surface area contributed by atoms with Crippen molar-refractivity contribution in [1.29, 1.82) is 0 Å². The highest BCUT2D eigenvalue weighted by molar-refractivity contribution is 6.01. The summed E-state index contributed by atoms with van der Waals surface area (Å²) < 4.78 is 18.3. The third kappa shape index (κ3) is 6.74. The predicted octanol–water partition coefficient (Wildman–Crippen LogP) is 5.18. The quantitative estimate of drug-likeness (QED) is 0.324. The van der Waals surface area contributed by atoms with E-state index in [0.717, 1.165) is 33.9 Å². The average molecular weight is 470 g/mol. The first-order valence-electron chi connectivity index (χ1n) is 11.1. The van der Waals surface area contributed by atoms with Crippen molar-refractivity contribution < 1.29 is 19.0 Å². The number of para-hydroxylation sites is 1. The summed E-state index contributed by atoms with van der Waals surface area (Å²) in [6, 6.07) is 23.1. The molecule has 0 aliphatic rings. The Balaban J connectivity index is 1.36. The SMILES string of the molecule is COc1cccc(Cn2cc(NC(=O)/C=C/c3ccc(OC)c(COc4ccccc4)c3)cn2)c1. The van der Waals surface area contributed by atoms with Crippen LogP contribution in [-0.4, -0.2) is 29.9 Å². The van der Waals surface area contributed by atoms with Gasteiger partial charge in [0, 0.05) is 17.8 Å². The molecule has 0 aliphatic heterocycles. The van der Waals surface area contributed by atoms with Gasteiger partial charge in [0.25, 0.3) is 0 Å². The van der Waals surface area contributed by atoms with E-state index in [1.54, 1.807) is 37.4 Å². The van der Waals surface area contributed by atoms with Crippen molar-refractivity contribution >= 4 is 17.7 Å². The van der Waals surface area contributed by atoms with E-state index in [1.165, 1.54) is 6.08 Å². The summed E-state index contributed by atoms with van der Waals surface area (Å²) in [5.74, 6) is 2.05. The summed E-state index contributed by atoms with van der Waals surface area (Å²) in [6.45, 7) is 0.927. The Kier molecular flexibility index (Phi) is 7.81. The molecule has 1 amide bonds. The van der Waals surface area contributed by atoms with Crippen LogP contribution in [0.15, 0.2) is 91.3 Å². The summed E-state index contributed by atoms with van der Waals surface area (Å²) in [5.41, 5.74) is 3.42. The second-order valence-corrected chi connectivity index (χ2v) is 7.77. The van der Waals surface area contributed by atoms with Gasteiger partial charge in [-0.1, -0.05) is 36.4 Å². The summed E-state index contributed by atoms with van der Waals surface area (Å²) in [6.07, 6.45) is 6.65. The highest BCUT2D eigenvalue weighted by atomic mass is 16.5. The zero-order chi connectivity index (χ0) is 24.5. The van der Waals surface area contributed by atoms with Gasteiger partial charge in [-0.3, -0.25) is 9.48 Å². The fraction of sp³-hybridized carbons (Fsp3) is 0.143. The fourth-order valence-electron chi connectivity index (χ4n) is 3.52. The van der Waals surface area contributed by atoms with Crippen LogP contribution < -0.4 is 19.5 Å². The maximum atomic E-state index is 12.5. The fourth-order valence-corrected chi connectivity index (χ4v) is 3.52. The lowest BCUT2D eigenvalue weighted by Gasteiger charge is -2.11. The Hall–Kier alpha value is -4.52. The first kappa shape index (κ1) is 23.6. The molecule has 0 spiro atoms. The number of amides is 1. The average Bonchev–Trinajstić information content (AvgIpc) is 3.33. The molecular formula is C28H27N3O4. The highest BCUT2D eigenvalue weighted by Crippen LogP contribution is 2.23. The molecule has 7 heteroatoms.